The first kappa shape index (κ1) is 16.7. The van der Waals surface area contributed by atoms with Gasteiger partial charge in [0.15, 0.2) is 0 Å². The van der Waals surface area contributed by atoms with E-state index in [0.717, 1.165) is 19.3 Å². The SMILES string of the molecule is Cc1c(N)cc(Br)cc1S(=O)(=O)NN1C(C)CCCC1C. The lowest BCUT2D eigenvalue weighted by atomic mass is 10.0. The second-order valence-corrected chi connectivity index (χ2v) is 8.29. The summed E-state index contributed by atoms with van der Waals surface area (Å²) in [6.07, 6.45) is 3.11. The molecule has 5 nitrogen and oxygen atoms in total. The van der Waals surface area contributed by atoms with E-state index in [2.05, 4.69) is 20.8 Å². The molecule has 7 heteroatoms. The second kappa shape index (κ2) is 6.24. The lowest BCUT2D eigenvalue weighted by Gasteiger charge is -2.38. The first-order valence-corrected chi connectivity index (χ1v) is 9.36. The summed E-state index contributed by atoms with van der Waals surface area (Å²) in [4.78, 5) is 2.96. The number of nitrogens with one attached hydrogen (secondary N) is 1. The number of piperidine rings is 1. The molecule has 1 heterocycles. The zero-order valence-electron chi connectivity index (χ0n) is 12.6. The third kappa shape index (κ3) is 3.59. The third-order valence-corrected chi connectivity index (χ3v) is 5.99. The molecule has 3 N–H and O–H groups in total. The van der Waals surface area contributed by atoms with Crippen LogP contribution in [0.5, 0.6) is 0 Å². The van der Waals surface area contributed by atoms with Gasteiger partial charge in [0, 0.05) is 22.2 Å². The number of halogens is 1. The molecular weight excluding hydrogens is 354 g/mol. The van der Waals surface area contributed by atoms with E-state index >= 15 is 0 Å². The Morgan fingerprint density at radius 2 is 1.86 bits per heavy atom. The van der Waals surface area contributed by atoms with E-state index in [1.807, 2.05) is 18.9 Å². The Balaban J connectivity index is 2.34. The van der Waals surface area contributed by atoms with Crippen LogP contribution in [0, 0.1) is 6.92 Å². The summed E-state index contributed by atoms with van der Waals surface area (Å²) in [5.41, 5.74) is 6.90. The quantitative estimate of drug-likeness (QED) is 0.796. The van der Waals surface area contributed by atoms with Crippen LogP contribution in [-0.2, 0) is 10.0 Å². The number of anilines is 1. The van der Waals surface area contributed by atoms with Gasteiger partial charge >= 0.3 is 0 Å². The molecule has 21 heavy (non-hydrogen) atoms. The van der Waals surface area contributed by atoms with Crippen LogP contribution in [-0.4, -0.2) is 25.5 Å². The number of benzene rings is 1. The maximum absolute atomic E-state index is 12.7. The van der Waals surface area contributed by atoms with E-state index in [-0.39, 0.29) is 17.0 Å². The first-order chi connectivity index (χ1) is 9.72. The Hall–Kier alpha value is -0.630. The van der Waals surface area contributed by atoms with Crippen molar-refractivity contribution in [2.45, 2.75) is 57.0 Å². The summed E-state index contributed by atoms with van der Waals surface area (Å²) in [5, 5.41) is 1.84. The zero-order valence-corrected chi connectivity index (χ0v) is 15.0. The molecular formula is C14H22BrN3O2S. The monoisotopic (exact) mass is 375 g/mol. The van der Waals surface area contributed by atoms with Gasteiger partial charge in [-0.3, -0.25) is 0 Å². The summed E-state index contributed by atoms with van der Waals surface area (Å²) in [6, 6.07) is 3.68. The molecule has 2 unspecified atom stereocenters. The summed E-state index contributed by atoms with van der Waals surface area (Å²) >= 11 is 3.30. The molecule has 0 spiro atoms. The standard InChI is InChI=1S/C14H22BrN3O2S/c1-9-5-4-6-10(2)18(9)17-21(19,20)14-8-12(15)7-13(16)11(14)3/h7-10,17H,4-6,16H2,1-3H3. The molecule has 1 aromatic rings. The number of hydrogen-bond acceptors (Lipinski definition) is 4. The van der Waals surface area contributed by atoms with Gasteiger partial charge in [-0.15, -0.1) is 4.83 Å². The first-order valence-electron chi connectivity index (χ1n) is 7.09. The average Bonchev–Trinajstić information content (AvgIpc) is 2.38. The number of nitrogens with zero attached hydrogens (tertiary/aromatic N) is 1. The van der Waals surface area contributed by atoms with Crippen LogP contribution in [0.15, 0.2) is 21.5 Å². The molecule has 118 valence electrons. The highest BCUT2D eigenvalue weighted by atomic mass is 79.9. The number of sulfonamides is 1. The van der Waals surface area contributed by atoms with Crippen molar-refractivity contribution in [1.29, 1.82) is 0 Å². The van der Waals surface area contributed by atoms with Crippen molar-refractivity contribution in [3.63, 3.8) is 0 Å². The Morgan fingerprint density at radius 3 is 2.43 bits per heavy atom. The van der Waals surface area contributed by atoms with Gasteiger partial charge in [0.05, 0.1) is 4.90 Å². The molecule has 0 aromatic heterocycles. The molecule has 1 fully saturated rings. The molecule has 1 aliphatic heterocycles. The van der Waals surface area contributed by atoms with Gasteiger partial charge in [0.25, 0.3) is 10.0 Å². The maximum Gasteiger partial charge on any atom is 0.253 e. The van der Waals surface area contributed by atoms with Crippen molar-refractivity contribution in [3.05, 3.63) is 22.2 Å². The van der Waals surface area contributed by atoms with Gasteiger partial charge in [-0.05, 0) is 51.3 Å². The van der Waals surface area contributed by atoms with Crippen LogP contribution >= 0.6 is 15.9 Å². The molecule has 0 radical (unpaired) electrons. The predicted octanol–water partition coefficient (Wildman–Crippen LogP) is 2.80. The van der Waals surface area contributed by atoms with Gasteiger partial charge in [-0.2, -0.15) is 0 Å². The summed E-state index contributed by atoms with van der Waals surface area (Å²) < 4.78 is 26.0. The van der Waals surface area contributed by atoms with Crippen molar-refractivity contribution in [3.8, 4) is 0 Å². The summed E-state index contributed by atoms with van der Waals surface area (Å²) in [6.45, 7) is 5.81. The Bertz CT molecular complexity index is 623. The largest absolute Gasteiger partial charge is 0.398 e. The van der Waals surface area contributed by atoms with E-state index in [1.54, 1.807) is 19.1 Å². The molecule has 2 rings (SSSR count). The highest BCUT2D eigenvalue weighted by Gasteiger charge is 2.30. The van der Waals surface area contributed by atoms with Crippen LogP contribution in [0.4, 0.5) is 5.69 Å². The molecule has 0 aliphatic carbocycles. The Labute approximate surface area is 135 Å². The van der Waals surface area contributed by atoms with Gasteiger partial charge in [-0.1, -0.05) is 22.4 Å². The number of hydrogen-bond donors (Lipinski definition) is 2. The van der Waals surface area contributed by atoms with Crippen LogP contribution in [0.25, 0.3) is 0 Å². The molecule has 2 atom stereocenters. The molecule has 0 saturated carbocycles. The average molecular weight is 376 g/mol. The van der Waals surface area contributed by atoms with E-state index < -0.39 is 10.0 Å². The highest BCUT2D eigenvalue weighted by Crippen LogP contribution is 2.28. The minimum Gasteiger partial charge on any atom is -0.398 e. The van der Waals surface area contributed by atoms with Crippen molar-refractivity contribution in [1.82, 2.24) is 9.84 Å². The Morgan fingerprint density at radius 1 is 1.29 bits per heavy atom. The minimum atomic E-state index is -3.64. The number of rotatable bonds is 3. The fourth-order valence-electron chi connectivity index (χ4n) is 2.74. The predicted molar refractivity (Wildman–Crippen MR) is 88.2 cm³/mol. The van der Waals surface area contributed by atoms with Crippen molar-refractivity contribution >= 4 is 31.6 Å². The van der Waals surface area contributed by atoms with Gasteiger partial charge in [-0.25, -0.2) is 13.4 Å². The summed E-state index contributed by atoms with van der Waals surface area (Å²) in [7, 11) is -3.64. The molecule has 1 saturated heterocycles. The van der Waals surface area contributed by atoms with E-state index in [9.17, 15) is 8.42 Å². The smallest absolute Gasteiger partial charge is 0.253 e. The Kier molecular flexibility index (Phi) is 4.97. The van der Waals surface area contributed by atoms with E-state index in [1.165, 1.54) is 0 Å². The second-order valence-electron chi connectivity index (χ2n) is 5.75. The lowest BCUT2D eigenvalue weighted by Crippen LogP contribution is -2.54. The molecule has 0 bridgehead atoms. The lowest BCUT2D eigenvalue weighted by molar-refractivity contribution is 0.0790. The topological polar surface area (TPSA) is 75.4 Å². The van der Waals surface area contributed by atoms with Crippen LogP contribution in [0.3, 0.4) is 0 Å². The van der Waals surface area contributed by atoms with Crippen LogP contribution in [0.2, 0.25) is 0 Å². The molecule has 1 aromatic carbocycles. The number of hydrazine groups is 1. The van der Waals surface area contributed by atoms with E-state index in [0.29, 0.717) is 15.7 Å². The molecule has 0 amide bonds. The van der Waals surface area contributed by atoms with Crippen LogP contribution < -0.4 is 10.6 Å². The van der Waals surface area contributed by atoms with Gasteiger partial charge < -0.3 is 5.73 Å². The normalized spacial score (nSPS) is 24.2. The maximum atomic E-state index is 12.7. The van der Waals surface area contributed by atoms with Gasteiger partial charge in [0.1, 0.15) is 0 Å². The van der Waals surface area contributed by atoms with E-state index in [4.69, 9.17) is 5.73 Å². The third-order valence-electron chi connectivity index (χ3n) is 4.07. The van der Waals surface area contributed by atoms with Crippen molar-refractivity contribution in [2.75, 3.05) is 5.73 Å². The van der Waals surface area contributed by atoms with Gasteiger partial charge in [0.2, 0.25) is 0 Å². The fraction of sp³-hybridized carbons (Fsp3) is 0.571. The molecule has 1 aliphatic rings. The van der Waals surface area contributed by atoms with Crippen molar-refractivity contribution < 1.29 is 8.42 Å². The minimum absolute atomic E-state index is 0.188. The van der Waals surface area contributed by atoms with Crippen molar-refractivity contribution in [2.24, 2.45) is 0 Å². The number of nitrogen functional groups attached to an aromatic ring is 1. The zero-order chi connectivity index (χ0) is 15.8. The fourth-order valence-corrected chi connectivity index (χ4v) is 4.91. The van der Waals surface area contributed by atoms with Crippen LogP contribution in [0.1, 0.15) is 38.7 Å². The highest BCUT2D eigenvalue weighted by molar-refractivity contribution is 9.10. The summed E-state index contributed by atoms with van der Waals surface area (Å²) in [5.74, 6) is 0. The number of nitrogens with two attached hydrogens (primary N) is 1.